The minimum atomic E-state index is -0.770. The Morgan fingerprint density at radius 2 is 0.506 bits per heavy atom. The van der Waals surface area contributed by atoms with Crippen LogP contribution in [0.15, 0.2) is 60.8 Å². The maximum atomic E-state index is 12.9. The molecule has 0 heterocycles. The number of carbonyl (C=O) groups is 3. The number of ether oxygens (including phenoxy) is 3. The van der Waals surface area contributed by atoms with E-state index >= 15 is 0 Å². The first kappa shape index (κ1) is 74.1. The van der Waals surface area contributed by atoms with Crippen LogP contribution in [0.2, 0.25) is 0 Å². The molecule has 6 heteroatoms. The van der Waals surface area contributed by atoms with Crippen LogP contribution in [0.3, 0.4) is 0 Å². The summed E-state index contributed by atoms with van der Waals surface area (Å²) in [5.41, 5.74) is 0. The number of allylic oxidation sites excluding steroid dienone is 10. The maximum absolute atomic E-state index is 12.9. The Balaban J connectivity index is 4.22. The van der Waals surface area contributed by atoms with E-state index in [4.69, 9.17) is 14.2 Å². The standard InChI is InChI=1S/C71H128O6/c1-4-7-10-13-16-19-22-25-28-30-31-32-33-34-35-36-37-38-39-40-41-42-44-46-49-52-55-58-61-64-70(73)76-67-68(66-75-69(72)63-60-57-54-51-48-45-27-24-21-18-15-12-9-6-3)77-71(74)65-62-59-56-53-50-47-43-29-26-23-20-17-14-11-8-5-2/h7,10,16,19,25,28,31-32,34-35,68H,4-6,8-9,11-15,17-18,20-24,26-27,29-30,33,36-67H2,1-3H3/b10-7-,19-16-,28-25-,32-31-,35-34-. The van der Waals surface area contributed by atoms with E-state index in [2.05, 4.69) is 81.5 Å². The van der Waals surface area contributed by atoms with Gasteiger partial charge in [0.15, 0.2) is 6.10 Å². The molecule has 6 nitrogen and oxygen atoms in total. The summed E-state index contributed by atoms with van der Waals surface area (Å²) in [5.74, 6) is -0.844. The fraction of sp³-hybridized carbons (Fsp3) is 0.817. The summed E-state index contributed by atoms with van der Waals surface area (Å²) >= 11 is 0. The van der Waals surface area contributed by atoms with Gasteiger partial charge in [-0.3, -0.25) is 14.4 Å². The van der Waals surface area contributed by atoms with Crippen molar-refractivity contribution in [2.45, 2.75) is 361 Å². The molecule has 0 aromatic heterocycles. The molecule has 0 rings (SSSR count). The highest BCUT2D eigenvalue weighted by Crippen LogP contribution is 2.18. The van der Waals surface area contributed by atoms with Crippen LogP contribution in [-0.4, -0.2) is 37.2 Å². The average Bonchev–Trinajstić information content (AvgIpc) is 3.43. The SMILES string of the molecule is CC/C=C\C/C=C\C/C=C\C/C=C\C/C=C\CCCCCCCCCCCCCCCC(=O)OCC(COC(=O)CCCCCCCCCCCCCCCC)OC(=O)CCCCCCCCCCCCCCCCCC. The summed E-state index contributed by atoms with van der Waals surface area (Å²) in [6.45, 7) is 6.59. The van der Waals surface area contributed by atoms with Crippen LogP contribution >= 0.6 is 0 Å². The summed E-state index contributed by atoms with van der Waals surface area (Å²) in [6.07, 6.45) is 83.8. The first-order valence-corrected chi connectivity index (χ1v) is 33.8. The molecule has 1 atom stereocenters. The second kappa shape index (κ2) is 65.6. The van der Waals surface area contributed by atoms with Crippen LogP contribution in [0.25, 0.3) is 0 Å². The normalized spacial score (nSPS) is 12.4. The van der Waals surface area contributed by atoms with Crippen molar-refractivity contribution in [1.29, 1.82) is 0 Å². The number of rotatable bonds is 62. The quantitative estimate of drug-likeness (QED) is 0.0261. The molecular formula is C71H128O6. The molecule has 0 N–H and O–H groups in total. The number of esters is 3. The second-order valence-electron chi connectivity index (χ2n) is 22.7. The fourth-order valence-electron chi connectivity index (χ4n) is 10.0. The van der Waals surface area contributed by atoms with Gasteiger partial charge in [-0.05, 0) is 64.2 Å². The third-order valence-electron chi connectivity index (χ3n) is 15.0. The van der Waals surface area contributed by atoms with Crippen molar-refractivity contribution in [2.24, 2.45) is 0 Å². The van der Waals surface area contributed by atoms with Crippen molar-refractivity contribution in [2.75, 3.05) is 13.2 Å². The molecular weight excluding hydrogens is 949 g/mol. The van der Waals surface area contributed by atoms with Crippen LogP contribution in [0.5, 0.6) is 0 Å². The van der Waals surface area contributed by atoms with Gasteiger partial charge in [0.1, 0.15) is 13.2 Å². The van der Waals surface area contributed by atoms with Crippen molar-refractivity contribution in [3.8, 4) is 0 Å². The van der Waals surface area contributed by atoms with Crippen LogP contribution in [0, 0.1) is 0 Å². The van der Waals surface area contributed by atoms with Crippen LogP contribution in [-0.2, 0) is 28.6 Å². The van der Waals surface area contributed by atoms with Gasteiger partial charge in [0, 0.05) is 19.3 Å². The molecule has 0 fully saturated rings. The van der Waals surface area contributed by atoms with Crippen LogP contribution < -0.4 is 0 Å². The zero-order valence-corrected chi connectivity index (χ0v) is 51.5. The predicted octanol–water partition coefficient (Wildman–Crippen LogP) is 23.1. The average molecular weight is 1080 g/mol. The van der Waals surface area contributed by atoms with E-state index in [1.165, 1.54) is 225 Å². The Morgan fingerprint density at radius 1 is 0.273 bits per heavy atom. The first-order chi connectivity index (χ1) is 38.0. The highest BCUT2D eigenvalue weighted by molar-refractivity contribution is 5.71. The Morgan fingerprint density at radius 3 is 0.792 bits per heavy atom. The molecule has 0 saturated heterocycles. The van der Waals surface area contributed by atoms with Gasteiger partial charge in [-0.2, -0.15) is 0 Å². The first-order valence-electron chi connectivity index (χ1n) is 33.8. The molecule has 0 aromatic carbocycles. The largest absolute Gasteiger partial charge is 0.462 e. The van der Waals surface area contributed by atoms with Gasteiger partial charge in [0.25, 0.3) is 0 Å². The third-order valence-corrected chi connectivity index (χ3v) is 15.0. The molecule has 0 aliphatic heterocycles. The second-order valence-corrected chi connectivity index (χ2v) is 22.7. The molecule has 1 unspecified atom stereocenters. The molecule has 0 amide bonds. The van der Waals surface area contributed by atoms with Gasteiger partial charge in [0.2, 0.25) is 0 Å². The monoisotopic (exact) mass is 1080 g/mol. The fourth-order valence-corrected chi connectivity index (χ4v) is 10.0. The summed E-state index contributed by atoms with van der Waals surface area (Å²) in [6, 6.07) is 0. The Hall–Kier alpha value is -2.89. The zero-order valence-electron chi connectivity index (χ0n) is 51.5. The van der Waals surface area contributed by atoms with Gasteiger partial charge in [0.05, 0.1) is 0 Å². The van der Waals surface area contributed by atoms with E-state index < -0.39 is 6.10 Å². The zero-order chi connectivity index (χ0) is 55.7. The van der Waals surface area contributed by atoms with Crippen LogP contribution in [0.4, 0.5) is 0 Å². The molecule has 0 spiro atoms. The lowest BCUT2D eigenvalue weighted by atomic mass is 10.0. The minimum absolute atomic E-state index is 0.0676. The van der Waals surface area contributed by atoms with Crippen molar-refractivity contribution < 1.29 is 28.6 Å². The molecule has 0 bridgehead atoms. The van der Waals surface area contributed by atoms with Crippen molar-refractivity contribution in [3.05, 3.63) is 60.8 Å². The number of hydrogen-bond acceptors (Lipinski definition) is 6. The van der Waals surface area contributed by atoms with Gasteiger partial charge >= 0.3 is 17.9 Å². The number of carbonyl (C=O) groups excluding carboxylic acids is 3. The highest BCUT2D eigenvalue weighted by Gasteiger charge is 2.19. The van der Waals surface area contributed by atoms with Gasteiger partial charge in [-0.15, -0.1) is 0 Å². The summed E-state index contributed by atoms with van der Waals surface area (Å²) in [5, 5.41) is 0. The van der Waals surface area contributed by atoms with Crippen molar-refractivity contribution >= 4 is 17.9 Å². The summed E-state index contributed by atoms with van der Waals surface area (Å²) < 4.78 is 17.0. The van der Waals surface area contributed by atoms with E-state index in [0.717, 1.165) is 89.9 Å². The molecule has 0 aliphatic carbocycles. The Bertz CT molecular complexity index is 1380. The van der Waals surface area contributed by atoms with E-state index in [1.807, 2.05) is 0 Å². The predicted molar refractivity (Wildman–Crippen MR) is 335 cm³/mol. The van der Waals surface area contributed by atoms with Crippen LogP contribution in [0.1, 0.15) is 355 Å². The lowest BCUT2D eigenvalue weighted by Crippen LogP contribution is -2.30. The number of unbranched alkanes of at least 4 members (excludes halogenated alkanes) is 41. The summed E-state index contributed by atoms with van der Waals surface area (Å²) in [4.78, 5) is 38.3. The van der Waals surface area contributed by atoms with E-state index in [0.29, 0.717) is 19.3 Å². The van der Waals surface area contributed by atoms with Gasteiger partial charge < -0.3 is 14.2 Å². The minimum Gasteiger partial charge on any atom is -0.462 e. The number of hydrogen-bond donors (Lipinski definition) is 0. The van der Waals surface area contributed by atoms with E-state index in [1.54, 1.807) is 0 Å². The lowest BCUT2D eigenvalue weighted by Gasteiger charge is -2.18. The maximum Gasteiger partial charge on any atom is 0.306 e. The Labute approximate surface area is 479 Å². The van der Waals surface area contributed by atoms with Gasteiger partial charge in [-0.1, -0.05) is 332 Å². The smallest absolute Gasteiger partial charge is 0.306 e. The highest BCUT2D eigenvalue weighted by atomic mass is 16.6. The molecule has 0 saturated carbocycles. The molecule has 0 radical (unpaired) electrons. The topological polar surface area (TPSA) is 78.9 Å². The third kappa shape index (κ3) is 63.8. The lowest BCUT2D eigenvalue weighted by molar-refractivity contribution is -0.167. The summed E-state index contributed by atoms with van der Waals surface area (Å²) in [7, 11) is 0. The van der Waals surface area contributed by atoms with E-state index in [9.17, 15) is 14.4 Å². The molecule has 77 heavy (non-hydrogen) atoms. The Kier molecular flexibility index (Phi) is 63.2. The molecule has 0 aliphatic rings. The molecule has 448 valence electrons. The van der Waals surface area contributed by atoms with Gasteiger partial charge in [-0.25, -0.2) is 0 Å². The van der Waals surface area contributed by atoms with Crippen molar-refractivity contribution in [1.82, 2.24) is 0 Å². The van der Waals surface area contributed by atoms with Crippen molar-refractivity contribution in [3.63, 3.8) is 0 Å². The molecule has 0 aromatic rings. The van der Waals surface area contributed by atoms with E-state index in [-0.39, 0.29) is 31.1 Å².